The van der Waals surface area contributed by atoms with Crippen molar-refractivity contribution in [2.24, 2.45) is 0 Å². The first-order valence-electron chi connectivity index (χ1n) is 9.42. The van der Waals surface area contributed by atoms with Gasteiger partial charge in [0.05, 0.1) is 13.7 Å². The average Bonchev–Trinajstić information content (AvgIpc) is 3.16. The number of furan rings is 1. The second-order valence-corrected chi connectivity index (χ2v) is 6.77. The first kappa shape index (κ1) is 21.0. The molecule has 0 aliphatic rings. The number of methoxy groups -OCH3 is 1. The van der Waals surface area contributed by atoms with Crippen LogP contribution in [-0.4, -0.2) is 37.5 Å². The third-order valence-electron chi connectivity index (χ3n) is 4.36. The van der Waals surface area contributed by atoms with E-state index >= 15 is 0 Å². The Morgan fingerprint density at radius 1 is 1.03 bits per heavy atom. The predicted octanol–water partition coefficient (Wildman–Crippen LogP) is 3.89. The molecule has 0 fully saturated rings. The minimum Gasteiger partial charge on any atom is -0.497 e. The third-order valence-corrected chi connectivity index (χ3v) is 4.36. The van der Waals surface area contributed by atoms with E-state index in [1.165, 1.54) is 0 Å². The molecule has 0 unspecified atom stereocenters. The fraction of sp³-hybridized carbons (Fsp3) is 0.217. The molecule has 0 aliphatic carbocycles. The standard InChI is InChI=1S/C23H24N2O5/c1-16-7-10-21(30-16)14-25(2)23(27)17-8-11-19(12-9-17)29-15-22(26)24-18-5-4-6-20(13-18)28-3/h4-13H,14-15H2,1-3H3,(H,24,26). The van der Waals surface area contributed by atoms with Crippen molar-refractivity contribution in [1.82, 2.24) is 4.90 Å². The summed E-state index contributed by atoms with van der Waals surface area (Å²) in [7, 11) is 3.28. The maximum atomic E-state index is 12.6. The lowest BCUT2D eigenvalue weighted by molar-refractivity contribution is -0.118. The van der Waals surface area contributed by atoms with E-state index < -0.39 is 0 Å². The van der Waals surface area contributed by atoms with Gasteiger partial charge in [-0.3, -0.25) is 9.59 Å². The fourth-order valence-electron chi connectivity index (χ4n) is 2.84. The predicted molar refractivity (Wildman–Crippen MR) is 113 cm³/mol. The van der Waals surface area contributed by atoms with Crippen LogP contribution in [0.4, 0.5) is 5.69 Å². The zero-order chi connectivity index (χ0) is 21.5. The number of hydrogen-bond donors (Lipinski definition) is 1. The van der Waals surface area contributed by atoms with Gasteiger partial charge in [0.1, 0.15) is 23.0 Å². The molecule has 0 spiro atoms. The molecule has 0 saturated heterocycles. The lowest BCUT2D eigenvalue weighted by atomic mass is 10.2. The summed E-state index contributed by atoms with van der Waals surface area (Å²) in [6, 6.07) is 17.4. The van der Waals surface area contributed by atoms with Crippen molar-refractivity contribution in [3.05, 3.63) is 77.7 Å². The fourth-order valence-corrected chi connectivity index (χ4v) is 2.84. The highest BCUT2D eigenvalue weighted by molar-refractivity contribution is 5.94. The second kappa shape index (κ2) is 9.65. The normalized spacial score (nSPS) is 10.4. The van der Waals surface area contributed by atoms with Crippen LogP contribution in [0.1, 0.15) is 21.9 Å². The molecule has 0 aliphatic heterocycles. The smallest absolute Gasteiger partial charge is 0.262 e. The largest absolute Gasteiger partial charge is 0.497 e. The van der Waals surface area contributed by atoms with Gasteiger partial charge in [0.2, 0.25) is 0 Å². The molecular weight excluding hydrogens is 384 g/mol. The van der Waals surface area contributed by atoms with Crippen molar-refractivity contribution >= 4 is 17.5 Å². The van der Waals surface area contributed by atoms with Crippen LogP contribution in [0.3, 0.4) is 0 Å². The van der Waals surface area contributed by atoms with Gasteiger partial charge in [-0.1, -0.05) is 6.07 Å². The number of ether oxygens (including phenoxy) is 2. The van der Waals surface area contributed by atoms with Crippen LogP contribution >= 0.6 is 0 Å². The number of carbonyl (C=O) groups excluding carboxylic acids is 2. The van der Waals surface area contributed by atoms with E-state index in [4.69, 9.17) is 13.9 Å². The average molecular weight is 408 g/mol. The Morgan fingerprint density at radius 3 is 2.47 bits per heavy atom. The van der Waals surface area contributed by atoms with Gasteiger partial charge in [-0.25, -0.2) is 0 Å². The number of benzene rings is 2. The maximum Gasteiger partial charge on any atom is 0.262 e. The molecule has 1 heterocycles. The Labute approximate surface area is 175 Å². The van der Waals surface area contributed by atoms with Gasteiger partial charge in [-0.05, 0) is 55.5 Å². The highest BCUT2D eigenvalue weighted by Gasteiger charge is 2.14. The van der Waals surface area contributed by atoms with Crippen molar-refractivity contribution in [3.63, 3.8) is 0 Å². The van der Waals surface area contributed by atoms with E-state index in [-0.39, 0.29) is 18.4 Å². The molecule has 0 saturated carbocycles. The third kappa shape index (κ3) is 5.64. The summed E-state index contributed by atoms with van der Waals surface area (Å²) in [5, 5.41) is 2.74. The first-order chi connectivity index (χ1) is 14.4. The molecule has 7 heteroatoms. The molecule has 3 aromatic rings. The monoisotopic (exact) mass is 408 g/mol. The number of anilines is 1. The zero-order valence-corrected chi connectivity index (χ0v) is 17.2. The summed E-state index contributed by atoms with van der Waals surface area (Å²) in [6.07, 6.45) is 0. The molecule has 0 radical (unpaired) electrons. The summed E-state index contributed by atoms with van der Waals surface area (Å²) in [4.78, 5) is 26.2. The summed E-state index contributed by atoms with van der Waals surface area (Å²) in [6.45, 7) is 2.10. The highest BCUT2D eigenvalue weighted by atomic mass is 16.5. The van der Waals surface area contributed by atoms with Crippen LogP contribution in [-0.2, 0) is 11.3 Å². The zero-order valence-electron chi connectivity index (χ0n) is 17.2. The maximum absolute atomic E-state index is 12.6. The molecule has 0 bridgehead atoms. The van der Waals surface area contributed by atoms with E-state index in [1.807, 2.05) is 19.1 Å². The van der Waals surface area contributed by atoms with Crippen molar-refractivity contribution < 1.29 is 23.5 Å². The van der Waals surface area contributed by atoms with Gasteiger partial charge in [-0.15, -0.1) is 0 Å². The first-order valence-corrected chi connectivity index (χ1v) is 9.42. The molecule has 2 amide bonds. The number of carbonyl (C=O) groups is 2. The van der Waals surface area contributed by atoms with Crippen LogP contribution in [0.15, 0.2) is 65.1 Å². The van der Waals surface area contributed by atoms with Gasteiger partial charge in [0, 0.05) is 24.4 Å². The molecule has 1 aromatic heterocycles. The summed E-state index contributed by atoms with van der Waals surface area (Å²) in [5.41, 5.74) is 1.15. The van der Waals surface area contributed by atoms with E-state index in [0.717, 1.165) is 11.5 Å². The molecule has 2 aromatic carbocycles. The topological polar surface area (TPSA) is 81.0 Å². The van der Waals surface area contributed by atoms with Gasteiger partial charge in [0.15, 0.2) is 6.61 Å². The van der Waals surface area contributed by atoms with Crippen LogP contribution < -0.4 is 14.8 Å². The van der Waals surface area contributed by atoms with E-state index in [1.54, 1.807) is 67.6 Å². The van der Waals surface area contributed by atoms with E-state index in [0.29, 0.717) is 29.3 Å². The highest BCUT2D eigenvalue weighted by Crippen LogP contribution is 2.18. The number of nitrogens with zero attached hydrogens (tertiary/aromatic N) is 1. The van der Waals surface area contributed by atoms with Gasteiger partial charge in [-0.2, -0.15) is 0 Å². The molecule has 3 rings (SSSR count). The Bertz CT molecular complexity index is 1010. The number of nitrogens with one attached hydrogen (secondary N) is 1. The number of amides is 2. The number of aryl methyl sites for hydroxylation is 1. The molecule has 0 atom stereocenters. The molecule has 30 heavy (non-hydrogen) atoms. The molecular formula is C23H24N2O5. The second-order valence-electron chi connectivity index (χ2n) is 6.77. The van der Waals surface area contributed by atoms with Crippen molar-refractivity contribution in [2.45, 2.75) is 13.5 Å². The SMILES string of the molecule is COc1cccc(NC(=O)COc2ccc(C(=O)N(C)Cc3ccc(C)o3)cc2)c1. The van der Waals surface area contributed by atoms with Gasteiger partial charge < -0.3 is 24.1 Å². The van der Waals surface area contributed by atoms with Crippen LogP contribution in [0.5, 0.6) is 11.5 Å². The van der Waals surface area contributed by atoms with Crippen molar-refractivity contribution in [1.29, 1.82) is 0 Å². The Balaban J connectivity index is 1.51. The molecule has 156 valence electrons. The van der Waals surface area contributed by atoms with Crippen LogP contribution in [0, 0.1) is 6.92 Å². The minimum absolute atomic E-state index is 0.133. The van der Waals surface area contributed by atoms with Crippen LogP contribution in [0.2, 0.25) is 0 Å². The van der Waals surface area contributed by atoms with Crippen molar-refractivity contribution in [3.8, 4) is 11.5 Å². The van der Waals surface area contributed by atoms with Crippen molar-refractivity contribution in [2.75, 3.05) is 26.1 Å². The quantitative estimate of drug-likeness (QED) is 0.612. The van der Waals surface area contributed by atoms with E-state index in [9.17, 15) is 9.59 Å². The van der Waals surface area contributed by atoms with Gasteiger partial charge in [0.25, 0.3) is 11.8 Å². The Kier molecular flexibility index (Phi) is 6.75. The molecule has 1 N–H and O–H groups in total. The van der Waals surface area contributed by atoms with Gasteiger partial charge >= 0.3 is 0 Å². The lowest BCUT2D eigenvalue weighted by Crippen LogP contribution is -2.26. The lowest BCUT2D eigenvalue weighted by Gasteiger charge is -2.16. The number of hydrogen-bond acceptors (Lipinski definition) is 5. The van der Waals surface area contributed by atoms with E-state index in [2.05, 4.69) is 5.32 Å². The Morgan fingerprint density at radius 2 is 1.80 bits per heavy atom. The molecule has 7 nitrogen and oxygen atoms in total. The van der Waals surface area contributed by atoms with Crippen LogP contribution in [0.25, 0.3) is 0 Å². The minimum atomic E-state index is -0.295. The number of rotatable bonds is 8. The summed E-state index contributed by atoms with van der Waals surface area (Å²) < 4.78 is 16.1. The summed E-state index contributed by atoms with van der Waals surface area (Å²) in [5.74, 6) is 2.26. The Hall–Kier alpha value is -3.74. The summed E-state index contributed by atoms with van der Waals surface area (Å²) >= 11 is 0.